The Bertz CT molecular complexity index is 767. The van der Waals surface area contributed by atoms with Crippen LogP contribution in [0.4, 0.5) is 0 Å². The van der Waals surface area contributed by atoms with Crippen LogP contribution in [0.5, 0.6) is 0 Å². The van der Waals surface area contributed by atoms with Crippen molar-refractivity contribution in [3.05, 3.63) is 76.4 Å². The molecule has 132 valence electrons. The molecule has 0 aliphatic carbocycles. The SMILES string of the molecule is CCC(CC)(c1cccc(C)c1)c1ccc(/C=C/C(=O)OC)c(C)c1. The Morgan fingerprint density at radius 3 is 2.28 bits per heavy atom. The van der Waals surface area contributed by atoms with Crippen LogP contribution < -0.4 is 0 Å². The van der Waals surface area contributed by atoms with Crippen LogP contribution in [0.1, 0.15) is 54.5 Å². The Hall–Kier alpha value is -2.35. The molecule has 0 N–H and O–H groups in total. The maximum atomic E-state index is 11.3. The highest BCUT2D eigenvalue weighted by Crippen LogP contribution is 2.39. The van der Waals surface area contributed by atoms with Gasteiger partial charge in [-0.1, -0.05) is 61.9 Å². The standard InChI is InChI=1S/C23H28O2/c1-6-23(7-2,20-10-8-9-17(3)15-20)21-13-11-19(18(4)16-21)12-14-22(24)25-5/h8-16H,6-7H2,1-5H3/b14-12+. The van der Waals surface area contributed by atoms with Crippen molar-refractivity contribution in [2.75, 3.05) is 7.11 Å². The van der Waals surface area contributed by atoms with Crippen LogP contribution >= 0.6 is 0 Å². The molecule has 2 nitrogen and oxygen atoms in total. The molecule has 2 aromatic carbocycles. The van der Waals surface area contributed by atoms with Gasteiger partial charge in [-0.2, -0.15) is 0 Å². The Morgan fingerprint density at radius 1 is 1.04 bits per heavy atom. The van der Waals surface area contributed by atoms with E-state index in [1.165, 1.54) is 29.9 Å². The summed E-state index contributed by atoms with van der Waals surface area (Å²) in [6.45, 7) is 8.75. The summed E-state index contributed by atoms with van der Waals surface area (Å²) in [6, 6.07) is 15.4. The second-order valence-corrected chi connectivity index (χ2v) is 6.59. The molecule has 0 unspecified atom stereocenters. The van der Waals surface area contributed by atoms with E-state index < -0.39 is 0 Å². The van der Waals surface area contributed by atoms with Gasteiger partial charge in [-0.25, -0.2) is 4.79 Å². The molecule has 0 aliphatic rings. The van der Waals surface area contributed by atoms with Crippen LogP contribution in [0.15, 0.2) is 48.5 Å². The molecule has 0 aromatic heterocycles. The molecule has 0 saturated carbocycles. The van der Waals surface area contributed by atoms with Gasteiger partial charge in [0.15, 0.2) is 0 Å². The molecule has 0 aliphatic heterocycles. The second-order valence-electron chi connectivity index (χ2n) is 6.59. The van der Waals surface area contributed by atoms with Crippen molar-refractivity contribution >= 4 is 12.0 Å². The summed E-state index contributed by atoms with van der Waals surface area (Å²) in [5.74, 6) is -0.334. The summed E-state index contributed by atoms with van der Waals surface area (Å²) in [7, 11) is 1.39. The highest BCUT2D eigenvalue weighted by atomic mass is 16.5. The van der Waals surface area contributed by atoms with Crippen molar-refractivity contribution in [1.29, 1.82) is 0 Å². The summed E-state index contributed by atoms with van der Waals surface area (Å²) < 4.78 is 4.67. The lowest BCUT2D eigenvalue weighted by molar-refractivity contribution is -0.134. The molecule has 0 radical (unpaired) electrons. The van der Waals surface area contributed by atoms with Crippen molar-refractivity contribution < 1.29 is 9.53 Å². The van der Waals surface area contributed by atoms with E-state index in [0.29, 0.717) is 0 Å². The van der Waals surface area contributed by atoms with Crippen LogP contribution in [-0.2, 0) is 14.9 Å². The normalized spacial score (nSPS) is 11.7. The maximum Gasteiger partial charge on any atom is 0.330 e. The Balaban J connectivity index is 2.48. The van der Waals surface area contributed by atoms with Gasteiger partial charge >= 0.3 is 5.97 Å². The summed E-state index contributed by atoms with van der Waals surface area (Å²) >= 11 is 0. The monoisotopic (exact) mass is 336 g/mol. The first-order valence-corrected chi connectivity index (χ1v) is 8.91. The van der Waals surface area contributed by atoms with Gasteiger partial charge in [0.05, 0.1) is 7.11 Å². The van der Waals surface area contributed by atoms with Crippen molar-refractivity contribution in [3.63, 3.8) is 0 Å². The second kappa shape index (κ2) is 8.15. The molecule has 2 heteroatoms. The molecule has 0 saturated heterocycles. The molecular formula is C23H28O2. The van der Waals surface area contributed by atoms with Gasteiger partial charge in [-0.3, -0.25) is 0 Å². The molecule has 0 amide bonds. The predicted molar refractivity (Wildman–Crippen MR) is 105 cm³/mol. The van der Waals surface area contributed by atoms with E-state index in [0.717, 1.165) is 24.0 Å². The van der Waals surface area contributed by atoms with Crippen LogP contribution in [0, 0.1) is 13.8 Å². The summed E-state index contributed by atoms with van der Waals surface area (Å²) in [5.41, 5.74) is 6.21. The zero-order valence-electron chi connectivity index (χ0n) is 15.9. The fourth-order valence-corrected chi connectivity index (χ4v) is 3.56. The van der Waals surface area contributed by atoms with Gasteiger partial charge < -0.3 is 4.74 Å². The van der Waals surface area contributed by atoms with Gasteiger partial charge in [0.1, 0.15) is 0 Å². The fraction of sp³-hybridized carbons (Fsp3) is 0.348. The van der Waals surface area contributed by atoms with Crippen molar-refractivity contribution in [1.82, 2.24) is 0 Å². The van der Waals surface area contributed by atoms with Crippen LogP contribution in [0.2, 0.25) is 0 Å². The van der Waals surface area contributed by atoms with Gasteiger partial charge in [0, 0.05) is 11.5 Å². The number of esters is 1. The molecule has 0 fully saturated rings. The Kier molecular flexibility index (Phi) is 6.19. The van der Waals surface area contributed by atoms with Crippen LogP contribution in [0.3, 0.4) is 0 Å². The van der Waals surface area contributed by atoms with Gasteiger partial charge in [-0.15, -0.1) is 0 Å². The van der Waals surface area contributed by atoms with Crippen LogP contribution in [0.25, 0.3) is 6.08 Å². The number of benzene rings is 2. The Morgan fingerprint density at radius 2 is 1.72 bits per heavy atom. The summed E-state index contributed by atoms with van der Waals surface area (Å²) in [6.07, 6.45) is 5.38. The van der Waals surface area contributed by atoms with E-state index in [1.54, 1.807) is 0 Å². The molecule has 2 aromatic rings. The third kappa shape index (κ3) is 4.01. The molecule has 0 heterocycles. The van der Waals surface area contributed by atoms with Crippen molar-refractivity contribution in [2.45, 2.75) is 46.0 Å². The number of carbonyl (C=O) groups is 1. The highest BCUT2D eigenvalue weighted by Gasteiger charge is 2.30. The largest absolute Gasteiger partial charge is 0.466 e. The summed E-state index contributed by atoms with van der Waals surface area (Å²) in [5, 5.41) is 0. The smallest absolute Gasteiger partial charge is 0.330 e. The number of aryl methyl sites for hydroxylation is 2. The van der Waals surface area contributed by atoms with E-state index in [9.17, 15) is 4.79 Å². The number of hydrogen-bond donors (Lipinski definition) is 0. The molecule has 0 atom stereocenters. The average Bonchev–Trinajstić information content (AvgIpc) is 2.62. The van der Waals surface area contributed by atoms with E-state index in [2.05, 4.69) is 74.9 Å². The van der Waals surface area contributed by atoms with Crippen molar-refractivity contribution in [3.8, 4) is 0 Å². The number of methoxy groups -OCH3 is 1. The lowest BCUT2D eigenvalue weighted by Gasteiger charge is -2.34. The lowest BCUT2D eigenvalue weighted by Crippen LogP contribution is -2.26. The maximum absolute atomic E-state index is 11.3. The number of ether oxygens (including phenoxy) is 1. The highest BCUT2D eigenvalue weighted by molar-refractivity contribution is 5.87. The van der Waals surface area contributed by atoms with Gasteiger partial charge in [0.2, 0.25) is 0 Å². The molecule has 0 bridgehead atoms. The number of rotatable bonds is 6. The minimum atomic E-state index is -0.334. The number of carbonyl (C=O) groups excluding carboxylic acids is 1. The fourth-order valence-electron chi connectivity index (χ4n) is 3.56. The van der Waals surface area contributed by atoms with E-state index in [4.69, 9.17) is 0 Å². The minimum absolute atomic E-state index is 0.0153. The molecule has 0 spiro atoms. The lowest BCUT2D eigenvalue weighted by atomic mass is 9.70. The minimum Gasteiger partial charge on any atom is -0.466 e. The first-order chi connectivity index (χ1) is 12.0. The van der Waals surface area contributed by atoms with Crippen LogP contribution in [-0.4, -0.2) is 13.1 Å². The molecule has 25 heavy (non-hydrogen) atoms. The predicted octanol–water partition coefficient (Wildman–Crippen LogP) is 5.60. The van der Waals surface area contributed by atoms with E-state index >= 15 is 0 Å². The van der Waals surface area contributed by atoms with E-state index in [1.807, 2.05) is 6.08 Å². The zero-order chi connectivity index (χ0) is 18.4. The number of hydrogen-bond acceptors (Lipinski definition) is 2. The quantitative estimate of drug-likeness (QED) is 0.507. The zero-order valence-corrected chi connectivity index (χ0v) is 15.9. The van der Waals surface area contributed by atoms with Gasteiger partial charge in [-0.05, 0) is 55.0 Å². The Labute approximate surface area is 151 Å². The average molecular weight is 336 g/mol. The molecular weight excluding hydrogens is 308 g/mol. The third-order valence-corrected chi connectivity index (χ3v) is 5.20. The van der Waals surface area contributed by atoms with Crippen molar-refractivity contribution in [2.24, 2.45) is 0 Å². The topological polar surface area (TPSA) is 26.3 Å². The van der Waals surface area contributed by atoms with Gasteiger partial charge in [0.25, 0.3) is 0 Å². The molecule has 2 rings (SSSR count). The first kappa shape index (κ1) is 19.0. The third-order valence-electron chi connectivity index (χ3n) is 5.20. The first-order valence-electron chi connectivity index (χ1n) is 8.91. The summed E-state index contributed by atoms with van der Waals surface area (Å²) in [4.78, 5) is 11.3. The van der Waals surface area contributed by atoms with E-state index in [-0.39, 0.29) is 11.4 Å².